The van der Waals surface area contributed by atoms with E-state index in [1.54, 1.807) is 23.7 Å². The van der Waals surface area contributed by atoms with E-state index in [-0.39, 0.29) is 24.1 Å². The Morgan fingerprint density at radius 2 is 1.88 bits per heavy atom. The predicted molar refractivity (Wildman–Crippen MR) is 122 cm³/mol. The van der Waals surface area contributed by atoms with Crippen LogP contribution in [0.1, 0.15) is 68.7 Å². The van der Waals surface area contributed by atoms with Crippen molar-refractivity contribution in [1.29, 1.82) is 0 Å². The van der Waals surface area contributed by atoms with Gasteiger partial charge in [0.15, 0.2) is 0 Å². The summed E-state index contributed by atoms with van der Waals surface area (Å²) < 4.78 is 6.71. The summed E-state index contributed by atoms with van der Waals surface area (Å²) in [4.78, 5) is 36.5. The minimum absolute atomic E-state index is 0.0334. The van der Waals surface area contributed by atoms with Crippen molar-refractivity contribution >= 4 is 17.8 Å². The maximum atomic E-state index is 13.2. The first-order valence-electron chi connectivity index (χ1n) is 10.7. The van der Waals surface area contributed by atoms with Gasteiger partial charge >= 0.3 is 5.97 Å². The highest BCUT2D eigenvalue weighted by Gasteiger charge is 2.24. The number of primary amides is 1. The lowest BCUT2D eigenvalue weighted by molar-refractivity contribution is -0.138. The van der Waals surface area contributed by atoms with Crippen LogP contribution in [-0.2, 0) is 26.3 Å². The van der Waals surface area contributed by atoms with Gasteiger partial charge in [-0.3, -0.25) is 14.3 Å². The van der Waals surface area contributed by atoms with Crippen LogP contribution in [-0.4, -0.2) is 34.2 Å². The van der Waals surface area contributed by atoms with Crippen LogP contribution in [0.4, 0.5) is 0 Å². The monoisotopic (exact) mass is 440 g/mol. The summed E-state index contributed by atoms with van der Waals surface area (Å²) in [6.45, 7) is 8.34. The molecule has 0 unspecified atom stereocenters. The maximum Gasteiger partial charge on any atom is 0.354 e. The molecule has 0 spiro atoms. The molecule has 0 aliphatic heterocycles. The van der Waals surface area contributed by atoms with E-state index in [0.29, 0.717) is 25.1 Å². The van der Waals surface area contributed by atoms with Crippen molar-refractivity contribution < 1.29 is 19.1 Å². The summed E-state index contributed by atoms with van der Waals surface area (Å²) in [6.07, 6.45) is 2.61. The summed E-state index contributed by atoms with van der Waals surface area (Å²) in [5.74, 6) is -1.51. The number of nitrogens with one attached hydrogen (secondary N) is 1. The average molecular weight is 441 g/mol. The second-order valence-corrected chi connectivity index (χ2v) is 8.46. The number of nitrogens with zero attached hydrogens (tertiary/aromatic N) is 2. The van der Waals surface area contributed by atoms with Crippen LogP contribution < -0.4 is 11.1 Å². The van der Waals surface area contributed by atoms with Crippen molar-refractivity contribution in [3.05, 3.63) is 65.1 Å². The van der Waals surface area contributed by atoms with Crippen LogP contribution in [0.3, 0.4) is 0 Å². The van der Waals surface area contributed by atoms with E-state index in [1.165, 1.54) is 0 Å². The number of amides is 2. The highest BCUT2D eigenvalue weighted by atomic mass is 16.5. The third-order valence-corrected chi connectivity index (χ3v) is 4.68. The molecule has 32 heavy (non-hydrogen) atoms. The minimum atomic E-state index is -0.634. The van der Waals surface area contributed by atoms with E-state index < -0.39 is 17.8 Å². The lowest BCUT2D eigenvalue weighted by Crippen LogP contribution is -2.30. The second kappa shape index (κ2) is 11.3. The van der Waals surface area contributed by atoms with Gasteiger partial charge in [-0.1, -0.05) is 57.2 Å². The molecule has 2 amide bonds. The number of aromatic nitrogens is 2. The van der Waals surface area contributed by atoms with E-state index in [0.717, 1.165) is 11.3 Å². The van der Waals surface area contributed by atoms with E-state index in [9.17, 15) is 14.4 Å². The Bertz CT molecular complexity index is 972. The summed E-state index contributed by atoms with van der Waals surface area (Å²) in [6, 6.07) is 11.4. The molecule has 1 aromatic carbocycles. The van der Waals surface area contributed by atoms with E-state index >= 15 is 0 Å². The smallest absolute Gasteiger partial charge is 0.354 e. The van der Waals surface area contributed by atoms with Crippen LogP contribution in [0.5, 0.6) is 0 Å². The molecule has 0 radical (unpaired) electrons. The molecule has 0 fully saturated rings. The van der Waals surface area contributed by atoms with Gasteiger partial charge in [0, 0.05) is 11.8 Å². The first kappa shape index (κ1) is 24.8. The molecule has 0 bridgehead atoms. The SMILES string of the molecule is CCOC(=O)/C(=C/CCCC(N)=O)NC(=O)c1cc(C(C)(C)C)nn1Cc1ccccc1. The number of rotatable bonds is 10. The number of allylic oxidation sites excluding steroid dienone is 1. The zero-order chi connectivity index (χ0) is 23.7. The lowest BCUT2D eigenvalue weighted by Gasteiger charge is -2.14. The molecule has 0 saturated carbocycles. The third kappa shape index (κ3) is 7.37. The van der Waals surface area contributed by atoms with Gasteiger partial charge in [0.2, 0.25) is 5.91 Å². The van der Waals surface area contributed by atoms with Gasteiger partial charge in [-0.25, -0.2) is 4.79 Å². The minimum Gasteiger partial charge on any atom is -0.461 e. The Morgan fingerprint density at radius 3 is 2.47 bits per heavy atom. The molecule has 0 saturated heterocycles. The molecule has 1 heterocycles. The zero-order valence-electron chi connectivity index (χ0n) is 19.2. The highest BCUT2D eigenvalue weighted by Crippen LogP contribution is 2.22. The lowest BCUT2D eigenvalue weighted by atomic mass is 9.92. The topological polar surface area (TPSA) is 116 Å². The number of hydrogen-bond donors (Lipinski definition) is 2. The van der Waals surface area contributed by atoms with Crippen molar-refractivity contribution in [2.45, 2.75) is 58.9 Å². The summed E-state index contributed by atoms with van der Waals surface area (Å²) in [7, 11) is 0. The average Bonchev–Trinajstić information content (AvgIpc) is 3.15. The number of benzene rings is 1. The molecule has 0 aliphatic rings. The van der Waals surface area contributed by atoms with Crippen LogP contribution in [0, 0.1) is 0 Å². The number of ether oxygens (including phenoxy) is 1. The Labute approximate surface area is 188 Å². The van der Waals surface area contributed by atoms with E-state index in [2.05, 4.69) is 10.4 Å². The third-order valence-electron chi connectivity index (χ3n) is 4.68. The molecule has 2 rings (SSSR count). The normalized spacial score (nSPS) is 11.8. The number of carbonyl (C=O) groups excluding carboxylic acids is 3. The molecule has 1 aromatic heterocycles. The number of esters is 1. The summed E-state index contributed by atoms with van der Waals surface area (Å²) in [5, 5.41) is 7.32. The number of nitrogens with two attached hydrogens (primary N) is 1. The van der Waals surface area contributed by atoms with Gasteiger partial charge in [-0.15, -0.1) is 0 Å². The molecule has 8 nitrogen and oxygen atoms in total. The van der Waals surface area contributed by atoms with Gasteiger partial charge in [-0.2, -0.15) is 5.10 Å². The fourth-order valence-electron chi connectivity index (χ4n) is 2.95. The van der Waals surface area contributed by atoms with Crippen molar-refractivity contribution in [1.82, 2.24) is 15.1 Å². The maximum absolute atomic E-state index is 13.2. The molecule has 0 aliphatic carbocycles. The van der Waals surface area contributed by atoms with Crippen LogP contribution in [0.15, 0.2) is 48.2 Å². The first-order valence-corrected chi connectivity index (χ1v) is 10.7. The standard InChI is InChI=1S/C24H32N4O4/c1-5-32-23(31)18(13-9-10-14-21(25)29)26-22(30)19-15-20(24(2,3)4)27-28(19)16-17-11-7-6-8-12-17/h6-8,11-13,15H,5,9-10,14,16H2,1-4H3,(H2,25,29)(H,26,30)/b18-13-. The Balaban J connectivity index is 2.30. The predicted octanol–water partition coefficient (Wildman–Crippen LogP) is 3.06. The van der Waals surface area contributed by atoms with Gasteiger partial charge in [0.05, 0.1) is 18.8 Å². The fourth-order valence-corrected chi connectivity index (χ4v) is 2.95. The zero-order valence-corrected chi connectivity index (χ0v) is 19.2. The molecule has 8 heteroatoms. The second-order valence-electron chi connectivity index (χ2n) is 8.46. The molecule has 2 aromatic rings. The van der Waals surface area contributed by atoms with Crippen molar-refractivity contribution in [2.24, 2.45) is 5.73 Å². The Kier molecular flexibility index (Phi) is 8.75. The van der Waals surface area contributed by atoms with Crippen molar-refractivity contribution in [2.75, 3.05) is 6.61 Å². The largest absolute Gasteiger partial charge is 0.461 e. The fraction of sp³-hybridized carbons (Fsp3) is 0.417. The van der Waals surface area contributed by atoms with Gasteiger partial charge in [0.1, 0.15) is 11.4 Å². The number of unbranched alkanes of at least 4 members (excludes halogenated alkanes) is 1. The molecule has 0 atom stereocenters. The van der Waals surface area contributed by atoms with Gasteiger partial charge in [0.25, 0.3) is 5.91 Å². The first-order chi connectivity index (χ1) is 15.1. The van der Waals surface area contributed by atoms with Crippen LogP contribution in [0.25, 0.3) is 0 Å². The number of hydrogen-bond acceptors (Lipinski definition) is 5. The molecular weight excluding hydrogens is 408 g/mol. The van der Waals surface area contributed by atoms with E-state index in [1.807, 2.05) is 51.1 Å². The summed E-state index contributed by atoms with van der Waals surface area (Å²) >= 11 is 0. The van der Waals surface area contributed by atoms with Crippen molar-refractivity contribution in [3.8, 4) is 0 Å². The molecule has 172 valence electrons. The van der Waals surface area contributed by atoms with Crippen molar-refractivity contribution in [3.63, 3.8) is 0 Å². The van der Waals surface area contributed by atoms with Crippen LogP contribution >= 0.6 is 0 Å². The van der Waals surface area contributed by atoms with Crippen LogP contribution in [0.2, 0.25) is 0 Å². The van der Waals surface area contributed by atoms with E-state index in [4.69, 9.17) is 10.5 Å². The summed E-state index contributed by atoms with van der Waals surface area (Å²) in [5.41, 5.74) is 7.04. The molecular formula is C24H32N4O4. The Morgan fingerprint density at radius 1 is 1.19 bits per heavy atom. The van der Waals surface area contributed by atoms with Gasteiger partial charge < -0.3 is 15.8 Å². The Hall–Kier alpha value is -3.42. The number of carbonyl (C=O) groups is 3. The highest BCUT2D eigenvalue weighted by molar-refractivity contribution is 6.00. The van der Waals surface area contributed by atoms with Gasteiger partial charge in [-0.05, 0) is 31.4 Å². The molecule has 3 N–H and O–H groups in total. The quantitative estimate of drug-likeness (QED) is 0.335.